The summed E-state index contributed by atoms with van der Waals surface area (Å²) >= 11 is 0. The number of carbonyl (C=O) groups excluding carboxylic acids is 1. The van der Waals surface area contributed by atoms with Crippen molar-refractivity contribution < 1.29 is 13.2 Å². The fourth-order valence-corrected chi connectivity index (χ4v) is 2.99. The van der Waals surface area contributed by atoms with Gasteiger partial charge in [0.25, 0.3) is 0 Å². The summed E-state index contributed by atoms with van der Waals surface area (Å²) in [6, 6.07) is 4.93. The molecule has 7 heteroatoms. The molecule has 0 aliphatic rings. The third kappa shape index (κ3) is 3.52. The maximum absolute atomic E-state index is 12.3. The van der Waals surface area contributed by atoms with Gasteiger partial charge in [-0.25, -0.2) is 8.42 Å². The first-order chi connectivity index (χ1) is 8.82. The molecule has 6 nitrogen and oxygen atoms in total. The normalized spacial score (nSPS) is 11.6. The number of benzene rings is 1. The third-order valence-electron chi connectivity index (χ3n) is 2.81. The van der Waals surface area contributed by atoms with Crippen LogP contribution in [-0.2, 0) is 21.4 Å². The summed E-state index contributed by atoms with van der Waals surface area (Å²) in [7, 11) is -0.830. The molecule has 0 heterocycles. The lowest BCUT2D eigenvalue weighted by Gasteiger charge is -2.18. The molecule has 1 aromatic carbocycles. The molecule has 0 radical (unpaired) electrons. The Kier molecular flexibility index (Phi) is 5.04. The van der Waals surface area contributed by atoms with Crippen molar-refractivity contribution in [1.29, 1.82) is 0 Å². The summed E-state index contributed by atoms with van der Waals surface area (Å²) in [5.41, 5.74) is 6.99. The quantitative estimate of drug-likeness (QED) is 0.785. The van der Waals surface area contributed by atoms with E-state index in [2.05, 4.69) is 5.32 Å². The highest BCUT2D eigenvalue weighted by molar-refractivity contribution is 7.89. The van der Waals surface area contributed by atoms with Gasteiger partial charge in [0.2, 0.25) is 15.9 Å². The minimum atomic E-state index is -3.67. The van der Waals surface area contributed by atoms with Crippen LogP contribution in [-0.4, -0.2) is 39.3 Å². The second kappa shape index (κ2) is 6.14. The van der Waals surface area contributed by atoms with E-state index in [1.165, 1.54) is 20.2 Å². The number of nitrogens with zero attached hydrogens (tertiary/aromatic N) is 1. The van der Waals surface area contributed by atoms with E-state index in [-0.39, 0.29) is 17.3 Å². The van der Waals surface area contributed by atoms with E-state index in [1.54, 1.807) is 19.1 Å². The Bertz CT molecular complexity index is 570. The van der Waals surface area contributed by atoms with Gasteiger partial charge in [-0.15, -0.1) is 0 Å². The van der Waals surface area contributed by atoms with Crippen molar-refractivity contribution >= 4 is 15.9 Å². The molecule has 19 heavy (non-hydrogen) atoms. The lowest BCUT2D eigenvalue weighted by molar-refractivity contribution is -0.120. The maximum atomic E-state index is 12.3. The first-order valence-corrected chi connectivity index (χ1v) is 7.23. The Morgan fingerprint density at radius 1 is 1.42 bits per heavy atom. The zero-order valence-corrected chi connectivity index (χ0v) is 12.1. The molecule has 3 N–H and O–H groups in total. The molecular weight excluding hydrogens is 266 g/mol. The largest absolute Gasteiger partial charge is 0.358 e. The predicted octanol–water partition coefficient (Wildman–Crippen LogP) is -0.180. The highest BCUT2D eigenvalue weighted by atomic mass is 32.2. The summed E-state index contributed by atoms with van der Waals surface area (Å²) in [5, 5.41) is 2.39. The number of amides is 1. The monoisotopic (exact) mass is 285 g/mol. The van der Waals surface area contributed by atoms with Crippen LogP contribution >= 0.6 is 0 Å². The van der Waals surface area contributed by atoms with Crippen molar-refractivity contribution in [3.05, 3.63) is 29.3 Å². The molecule has 0 fully saturated rings. The van der Waals surface area contributed by atoms with Gasteiger partial charge in [-0.1, -0.05) is 12.1 Å². The van der Waals surface area contributed by atoms with Crippen LogP contribution < -0.4 is 11.1 Å². The van der Waals surface area contributed by atoms with Crippen molar-refractivity contribution in [1.82, 2.24) is 9.62 Å². The van der Waals surface area contributed by atoms with Crippen LogP contribution in [0.5, 0.6) is 0 Å². The number of sulfonamides is 1. The van der Waals surface area contributed by atoms with Gasteiger partial charge >= 0.3 is 0 Å². The molecule has 0 bridgehead atoms. The van der Waals surface area contributed by atoms with Crippen LogP contribution in [0.3, 0.4) is 0 Å². The first kappa shape index (κ1) is 15.6. The number of carbonyl (C=O) groups is 1. The van der Waals surface area contributed by atoms with Crippen molar-refractivity contribution in [3.8, 4) is 0 Å². The number of likely N-dealkylation sites (N-methyl/N-ethyl adjacent to an activating group) is 2. The third-order valence-corrected chi connectivity index (χ3v) is 4.77. The molecule has 0 saturated heterocycles. The topological polar surface area (TPSA) is 92.5 Å². The van der Waals surface area contributed by atoms with Gasteiger partial charge in [0.15, 0.2) is 0 Å². The van der Waals surface area contributed by atoms with Gasteiger partial charge in [0.05, 0.1) is 11.4 Å². The summed E-state index contributed by atoms with van der Waals surface area (Å²) in [6.07, 6.45) is 0. The minimum absolute atomic E-state index is 0.191. The Labute approximate surface area is 113 Å². The van der Waals surface area contributed by atoms with E-state index in [0.717, 1.165) is 9.87 Å². The summed E-state index contributed by atoms with van der Waals surface area (Å²) in [6.45, 7) is 1.85. The van der Waals surface area contributed by atoms with Crippen molar-refractivity contribution in [2.45, 2.75) is 18.4 Å². The van der Waals surface area contributed by atoms with Gasteiger partial charge < -0.3 is 11.1 Å². The number of nitrogens with one attached hydrogen (secondary N) is 1. The van der Waals surface area contributed by atoms with Crippen molar-refractivity contribution in [2.75, 3.05) is 20.6 Å². The lowest BCUT2D eigenvalue weighted by atomic mass is 10.1. The molecule has 1 amide bonds. The van der Waals surface area contributed by atoms with Crippen molar-refractivity contribution in [3.63, 3.8) is 0 Å². The van der Waals surface area contributed by atoms with Crippen molar-refractivity contribution in [2.24, 2.45) is 5.73 Å². The number of hydrogen-bond acceptors (Lipinski definition) is 4. The molecule has 0 atom stereocenters. The fourth-order valence-electron chi connectivity index (χ4n) is 1.66. The van der Waals surface area contributed by atoms with Gasteiger partial charge in [0.1, 0.15) is 0 Å². The molecule has 1 rings (SSSR count). The number of hydrogen-bond donors (Lipinski definition) is 2. The van der Waals surface area contributed by atoms with Crippen LogP contribution in [0.1, 0.15) is 11.1 Å². The Morgan fingerprint density at radius 2 is 2.05 bits per heavy atom. The summed E-state index contributed by atoms with van der Waals surface area (Å²) < 4.78 is 25.7. The standard InChI is InChI=1S/C12H19N3O3S/c1-9-6-10(7-13)4-5-11(9)19(17,18)15(3)8-12(16)14-2/h4-6H,7-8,13H2,1-3H3,(H,14,16). The SMILES string of the molecule is CNC(=O)CN(C)S(=O)(=O)c1ccc(CN)cc1C. The first-order valence-electron chi connectivity index (χ1n) is 5.79. The zero-order chi connectivity index (χ0) is 14.6. The van der Waals surface area contributed by atoms with Crippen LogP contribution in [0, 0.1) is 6.92 Å². The summed E-state index contributed by atoms with van der Waals surface area (Å²) in [5.74, 6) is -0.359. The van der Waals surface area contributed by atoms with Crippen LogP contribution in [0.4, 0.5) is 0 Å². The van der Waals surface area contributed by atoms with E-state index in [4.69, 9.17) is 5.73 Å². The van der Waals surface area contributed by atoms with E-state index in [0.29, 0.717) is 12.1 Å². The smallest absolute Gasteiger partial charge is 0.243 e. The van der Waals surface area contributed by atoms with Gasteiger partial charge in [0, 0.05) is 20.6 Å². The average Bonchev–Trinajstić information content (AvgIpc) is 2.37. The Hall–Kier alpha value is -1.44. The maximum Gasteiger partial charge on any atom is 0.243 e. The van der Waals surface area contributed by atoms with E-state index in [1.807, 2.05) is 0 Å². The van der Waals surface area contributed by atoms with Crippen LogP contribution in [0.15, 0.2) is 23.1 Å². The van der Waals surface area contributed by atoms with Gasteiger partial charge in [-0.3, -0.25) is 4.79 Å². The molecule has 0 saturated carbocycles. The molecule has 0 aromatic heterocycles. The average molecular weight is 285 g/mol. The van der Waals surface area contributed by atoms with Crippen LogP contribution in [0.25, 0.3) is 0 Å². The Balaban J connectivity index is 3.09. The lowest BCUT2D eigenvalue weighted by Crippen LogP contribution is -2.37. The highest BCUT2D eigenvalue weighted by Gasteiger charge is 2.24. The molecule has 1 aromatic rings. The molecule has 0 aliphatic carbocycles. The second-order valence-electron chi connectivity index (χ2n) is 4.24. The van der Waals surface area contributed by atoms with Crippen LogP contribution in [0.2, 0.25) is 0 Å². The minimum Gasteiger partial charge on any atom is -0.358 e. The Morgan fingerprint density at radius 3 is 2.53 bits per heavy atom. The predicted molar refractivity (Wildman–Crippen MR) is 73.0 cm³/mol. The summed E-state index contributed by atoms with van der Waals surface area (Å²) in [4.78, 5) is 11.4. The van der Waals surface area contributed by atoms with E-state index < -0.39 is 10.0 Å². The zero-order valence-electron chi connectivity index (χ0n) is 11.3. The second-order valence-corrected chi connectivity index (χ2v) is 6.25. The van der Waals surface area contributed by atoms with E-state index in [9.17, 15) is 13.2 Å². The molecule has 0 aliphatic heterocycles. The molecule has 0 unspecified atom stereocenters. The molecule has 0 spiro atoms. The number of nitrogens with two attached hydrogens (primary N) is 1. The fraction of sp³-hybridized carbons (Fsp3) is 0.417. The van der Waals surface area contributed by atoms with Gasteiger partial charge in [-0.05, 0) is 24.1 Å². The van der Waals surface area contributed by atoms with E-state index >= 15 is 0 Å². The van der Waals surface area contributed by atoms with Gasteiger partial charge in [-0.2, -0.15) is 4.31 Å². The number of aryl methyl sites for hydroxylation is 1. The molecule has 106 valence electrons. The highest BCUT2D eigenvalue weighted by Crippen LogP contribution is 2.19. The molecular formula is C12H19N3O3S. The number of rotatable bonds is 5.